The van der Waals surface area contributed by atoms with Gasteiger partial charge in [-0.2, -0.15) is 0 Å². The Morgan fingerprint density at radius 2 is 1.42 bits per heavy atom. The van der Waals surface area contributed by atoms with E-state index < -0.39 is 17.7 Å². The number of hydrogen-bond acceptors (Lipinski definition) is 9. The quantitative estimate of drug-likeness (QED) is 0.0606. The van der Waals surface area contributed by atoms with Gasteiger partial charge in [-0.25, -0.2) is 19.6 Å². The van der Waals surface area contributed by atoms with Gasteiger partial charge >= 0.3 is 23.7 Å². The van der Waals surface area contributed by atoms with Crippen molar-refractivity contribution in [3.63, 3.8) is 0 Å². The molecule has 3 aliphatic rings. The van der Waals surface area contributed by atoms with Crippen molar-refractivity contribution in [2.45, 2.75) is 152 Å². The van der Waals surface area contributed by atoms with Gasteiger partial charge in [-0.15, -0.1) is 0 Å². The highest BCUT2D eigenvalue weighted by atomic mass is 16.7. The van der Waals surface area contributed by atoms with Crippen LogP contribution in [0.25, 0.3) is 50.4 Å². The summed E-state index contributed by atoms with van der Waals surface area (Å²) in [5, 5.41) is 0. The predicted octanol–water partition coefficient (Wildman–Crippen LogP) is 13.2. The lowest BCUT2D eigenvalue weighted by atomic mass is 9.89. The van der Waals surface area contributed by atoms with Crippen LogP contribution in [0.1, 0.15) is 177 Å². The van der Waals surface area contributed by atoms with Gasteiger partial charge in [-0.3, -0.25) is 4.79 Å². The zero-order chi connectivity index (χ0) is 48.7. The van der Waals surface area contributed by atoms with Gasteiger partial charge in [0.2, 0.25) is 0 Å². The molecule has 0 spiro atoms. The Labute approximate surface area is 397 Å². The van der Waals surface area contributed by atoms with E-state index in [9.17, 15) is 14.4 Å². The third-order valence-electron chi connectivity index (χ3n) is 14.2. The van der Waals surface area contributed by atoms with E-state index in [0.29, 0.717) is 34.1 Å². The van der Waals surface area contributed by atoms with E-state index >= 15 is 0 Å². The SMILES string of the molecule is C=Cc1c(C)c2cc3nc(c4c5nc(cc6[nH]c(cc1[nH]2)c(C)c6CC)C(C)=C5C(=O)O[C@@]4(OC)C(=O)OC)C(CCC(=O)OC/C=C(\C)CCC[C@H](C)CCC[C@H](C)CCCC(C)C)=C3C. The van der Waals surface area contributed by atoms with Gasteiger partial charge < -0.3 is 28.9 Å². The van der Waals surface area contributed by atoms with Gasteiger partial charge in [0, 0.05) is 41.2 Å². The minimum Gasteiger partial charge on any atom is -0.464 e. The molecule has 6 rings (SSSR count). The molecule has 3 atom stereocenters. The van der Waals surface area contributed by atoms with Crippen LogP contribution in [-0.4, -0.2) is 58.7 Å². The first-order valence-electron chi connectivity index (χ1n) is 24.5. The minimum atomic E-state index is -2.35. The molecule has 0 unspecified atom stereocenters. The monoisotopic (exact) mass is 915 g/mol. The zero-order valence-corrected chi connectivity index (χ0v) is 42.3. The molecule has 3 aromatic heterocycles. The number of aromatic amines is 2. The van der Waals surface area contributed by atoms with Gasteiger partial charge in [-0.1, -0.05) is 97.8 Å². The number of aryl methyl sites for hydroxylation is 3. The average Bonchev–Trinajstić information content (AvgIpc) is 3.97. The van der Waals surface area contributed by atoms with E-state index in [1.807, 2.05) is 45.1 Å². The highest BCUT2D eigenvalue weighted by Gasteiger charge is 2.56. The maximum absolute atomic E-state index is 14.1. The molecule has 11 heteroatoms. The van der Waals surface area contributed by atoms with Gasteiger partial charge in [0.05, 0.1) is 41.0 Å². The van der Waals surface area contributed by atoms with E-state index in [4.69, 9.17) is 28.9 Å². The summed E-state index contributed by atoms with van der Waals surface area (Å²) in [5.74, 6) is -2.17. The second-order valence-corrected chi connectivity index (χ2v) is 19.5. The topological polar surface area (TPSA) is 145 Å². The highest BCUT2D eigenvalue weighted by Crippen LogP contribution is 2.49. The van der Waals surface area contributed by atoms with Gasteiger partial charge in [0.25, 0.3) is 0 Å². The lowest BCUT2D eigenvalue weighted by molar-refractivity contribution is -0.238. The van der Waals surface area contributed by atoms with E-state index in [1.165, 1.54) is 64.7 Å². The molecule has 67 heavy (non-hydrogen) atoms. The first-order chi connectivity index (χ1) is 32.0. The van der Waals surface area contributed by atoms with Crippen LogP contribution in [0.15, 0.2) is 36.4 Å². The summed E-state index contributed by atoms with van der Waals surface area (Å²) in [4.78, 5) is 59.1. The Morgan fingerprint density at radius 1 is 0.806 bits per heavy atom. The van der Waals surface area contributed by atoms with Crippen LogP contribution in [0.4, 0.5) is 0 Å². The molecule has 0 radical (unpaired) electrons. The number of carbonyl (C=O) groups excluding carboxylic acids is 3. The lowest BCUT2D eigenvalue weighted by Gasteiger charge is -2.34. The lowest BCUT2D eigenvalue weighted by Crippen LogP contribution is -2.47. The van der Waals surface area contributed by atoms with E-state index in [1.54, 1.807) is 0 Å². The molecule has 11 nitrogen and oxygen atoms in total. The second-order valence-electron chi connectivity index (χ2n) is 19.5. The van der Waals surface area contributed by atoms with Crippen molar-refractivity contribution in [3.8, 4) is 0 Å². The molecule has 2 N–H and O–H groups in total. The molecular formula is C56H74N4O7. The molecule has 6 heterocycles. The standard InChI is InChI=1S/C56H74N4O7/c1-14-40-36(8)43-29-45-38(10)42(25-26-49(61)66-28-27-35(7)24-18-23-34(6)22-17-21-33(5)20-16-19-32(3)4)52(59-45)51-53-50(54(62)67-56(51,65-13)55(63)64-12)39(11)46(60-53)31-48-41(15-2)37(9)44(58-48)30-47(40)57-43/h14,27,29-34,57-58H,1,15-26,28H2,2-13H3/b35-27+,43-29?,44-30?,45-29?,46-31?,47-30?,48-31?,52-51?/t33-,34-,56-/m1/s1. The van der Waals surface area contributed by atoms with Crippen molar-refractivity contribution in [1.82, 2.24) is 19.9 Å². The fraction of sp³-hybridized carbons (Fsp3) is 0.518. The average molecular weight is 915 g/mol. The molecule has 0 fully saturated rings. The van der Waals surface area contributed by atoms with Crippen molar-refractivity contribution in [2.24, 2.45) is 17.8 Å². The Balaban J connectivity index is 1.31. The molecule has 3 aromatic rings. The predicted molar refractivity (Wildman–Crippen MR) is 270 cm³/mol. The van der Waals surface area contributed by atoms with Crippen LogP contribution in [-0.2, 0) is 45.5 Å². The number of allylic oxidation sites excluding steroid dienone is 4. The highest BCUT2D eigenvalue weighted by molar-refractivity contribution is 6.27. The number of rotatable bonds is 21. The summed E-state index contributed by atoms with van der Waals surface area (Å²) in [7, 11) is 2.49. The molecule has 360 valence electrons. The van der Waals surface area contributed by atoms with Crippen LogP contribution in [0.5, 0.6) is 0 Å². The van der Waals surface area contributed by atoms with Gasteiger partial charge in [-0.05, 0) is 136 Å². The second kappa shape index (κ2) is 22.0. The molecule has 8 bridgehead atoms. The maximum Gasteiger partial charge on any atom is 0.385 e. The minimum absolute atomic E-state index is 0.0275. The maximum atomic E-state index is 14.1. The molecule has 0 saturated carbocycles. The van der Waals surface area contributed by atoms with E-state index in [0.717, 1.165) is 81.0 Å². The van der Waals surface area contributed by atoms with Crippen molar-refractivity contribution in [2.75, 3.05) is 20.8 Å². The molecule has 3 aliphatic heterocycles. The number of ether oxygens (including phenoxy) is 4. The smallest absolute Gasteiger partial charge is 0.385 e. The van der Waals surface area contributed by atoms with Crippen molar-refractivity contribution in [1.29, 1.82) is 0 Å². The first kappa shape index (κ1) is 50.9. The number of cyclic esters (lactones) is 1. The fourth-order valence-corrected chi connectivity index (χ4v) is 9.94. The van der Waals surface area contributed by atoms with Crippen LogP contribution in [0, 0.1) is 31.6 Å². The fourth-order valence-electron chi connectivity index (χ4n) is 9.94. The Morgan fingerprint density at radius 3 is 2.06 bits per heavy atom. The molecular weight excluding hydrogens is 841 g/mol. The number of nitrogens with one attached hydrogen (secondary N) is 2. The number of esters is 3. The summed E-state index contributed by atoms with van der Waals surface area (Å²) >= 11 is 0. The third-order valence-corrected chi connectivity index (χ3v) is 14.2. The van der Waals surface area contributed by atoms with Crippen LogP contribution in [0.3, 0.4) is 0 Å². The summed E-state index contributed by atoms with van der Waals surface area (Å²) < 4.78 is 23.0. The number of H-pyrrole nitrogens is 2. The number of methoxy groups -OCH3 is 2. The Kier molecular flexibility index (Phi) is 16.7. The number of nitrogens with zero attached hydrogens (tertiary/aromatic N) is 2. The summed E-state index contributed by atoms with van der Waals surface area (Å²) in [6.07, 6.45) is 16.0. The number of aromatic nitrogens is 4. The third kappa shape index (κ3) is 10.9. The summed E-state index contributed by atoms with van der Waals surface area (Å²) in [5.41, 5.74) is 12.7. The van der Waals surface area contributed by atoms with Crippen LogP contribution in [0.2, 0.25) is 0 Å². The molecule has 0 aliphatic carbocycles. The van der Waals surface area contributed by atoms with Crippen LogP contribution < -0.4 is 0 Å². The van der Waals surface area contributed by atoms with Crippen molar-refractivity contribution >= 4 is 68.3 Å². The van der Waals surface area contributed by atoms with Crippen molar-refractivity contribution < 1.29 is 33.3 Å². The van der Waals surface area contributed by atoms with Gasteiger partial charge in [0.1, 0.15) is 6.61 Å². The largest absolute Gasteiger partial charge is 0.464 e. The molecule has 0 amide bonds. The zero-order valence-electron chi connectivity index (χ0n) is 42.3. The Bertz CT molecular complexity index is 2660. The van der Waals surface area contributed by atoms with Gasteiger partial charge in [0.15, 0.2) is 0 Å². The summed E-state index contributed by atoms with van der Waals surface area (Å²) in [6, 6.07) is 5.97. The number of carbonyl (C=O) groups is 3. The van der Waals surface area contributed by atoms with Crippen molar-refractivity contribution in [3.05, 3.63) is 87.0 Å². The molecule has 0 aromatic carbocycles. The normalized spacial score (nSPS) is 17.0. The first-order valence-corrected chi connectivity index (χ1v) is 24.5. The van der Waals surface area contributed by atoms with E-state index in [2.05, 4.69) is 71.1 Å². The summed E-state index contributed by atoms with van der Waals surface area (Å²) in [6.45, 7) is 25.8. The Hall–Kier alpha value is -5.55. The number of fused-ring (bicyclic) bond motifs is 8. The van der Waals surface area contributed by atoms with E-state index in [-0.39, 0.29) is 42.2 Å². The number of hydrogen-bond donors (Lipinski definition) is 2. The van der Waals surface area contributed by atoms with Crippen LogP contribution >= 0.6 is 0 Å². The molecule has 0 saturated heterocycles.